The Balaban J connectivity index is 1.95. The molecule has 0 aliphatic rings. The Bertz CT molecular complexity index is 1110. The van der Waals surface area contributed by atoms with E-state index in [-0.39, 0.29) is 6.10 Å². The smallest absolute Gasteiger partial charge is 0.110 e. The van der Waals surface area contributed by atoms with Crippen LogP contribution in [0.1, 0.15) is 30.6 Å². The molecule has 0 aliphatic heterocycles. The molecule has 0 saturated heterocycles. The van der Waals surface area contributed by atoms with Crippen LogP contribution in [0.2, 0.25) is 0 Å². The minimum absolute atomic E-state index is 0.123. The summed E-state index contributed by atoms with van der Waals surface area (Å²) in [5, 5.41) is 1.25. The maximum atomic E-state index is 6.52. The third kappa shape index (κ3) is 3.73. The minimum Gasteiger partial charge on any atom is -0.378 e. The second-order valence-electron chi connectivity index (χ2n) is 7.94. The Hall–Kier alpha value is -3.04. The molecule has 0 N–H and O–H groups in total. The van der Waals surface area contributed by atoms with Gasteiger partial charge in [-0.15, -0.1) is 0 Å². The minimum atomic E-state index is -0.123. The number of ether oxygens (including phenoxy) is 1. The van der Waals surface area contributed by atoms with Crippen LogP contribution in [0, 0.1) is 0 Å². The fraction of sp³-hybridized carbons (Fsp3) is 0.259. The molecule has 0 amide bonds. The lowest BCUT2D eigenvalue weighted by atomic mass is 9.95. The van der Waals surface area contributed by atoms with Crippen LogP contribution < -0.4 is 4.90 Å². The standard InChI is InChI=1S/C27H30N2O/c1-5-19-30-27(21-15-17-22(18-16-21)28(2)3)25-23-13-9-10-14-24(23)29(4)26(25)20-11-7-6-8-12-20/h6-18,27H,5,19H2,1-4H3. The van der Waals surface area contributed by atoms with Gasteiger partial charge < -0.3 is 14.2 Å². The second-order valence-corrected chi connectivity index (χ2v) is 7.94. The average molecular weight is 399 g/mol. The SMILES string of the molecule is CCCOC(c1ccc(N(C)C)cc1)c1c(-c2ccccc2)n(C)c2ccccc12. The van der Waals surface area contributed by atoms with E-state index in [1.807, 2.05) is 0 Å². The van der Waals surface area contributed by atoms with Gasteiger partial charge >= 0.3 is 0 Å². The first kappa shape index (κ1) is 20.2. The Morgan fingerprint density at radius 2 is 1.53 bits per heavy atom. The van der Waals surface area contributed by atoms with Gasteiger partial charge in [-0.2, -0.15) is 0 Å². The number of aromatic nitrogens is 1. The third-order valence-corrected chi connectivity index (χ3v) is 5.66. The van der Waals surface area contributed by atoms with E-state index in [9.17, 15) is 0 Å². The molecule has 1 aromatic heterocycles. The zero-order valence-electron chi connectivity index (χ0n) is 18.3. The van der Waals surface area contributed by atoms with Gasteiger partial charge in [-0.1, -0.05) is 67.6 Å². The molecule has 0 saturated carbocycles. The van der Waals surface area contributed by atoms with Gasteiger partial charge in [0.2, 0.25) is 0 Å². The summed E-state index contributed by atoms with van der Waals surface area (Å²) in [4.78, 5) is 2.12. The van der Waals surface area contributed by atoms with Crippen molar-refractivity contribution >= 4 is 16.6 Å². The van der Waals surface area contributed by atoms with Crippen LogP contribution in [0.25, 0.3) is 22.2 Å². The van der Waals surface area contributed by atoms with Crippen LogP contribution in [0.3, 0.4) is 0 Å². The molecular weight excluding hydrogens is 368 g/mol. The molecule has 0 spiro atoms. The maximum Gasteiger partial charge on any atom is 0.110 e. The summed E-state index contributed by atoms with van der Waals surface area (Å²) < 4.78 is 8.82. The van der Waals surface area contributed by atoms with Gasteiger partial charge in [0.25, 0.3) is 0 Å². The van der Waals surface area contributed by atoms with Crippen LogP contribution in [0.4, 0.5) is 5.69 Å². The number of nitrogens with zero attached hydrogens (tertiary/aromatic N) is 2. The highest BCUT2D eigenvalue weighted by Gasteiger charge is 2.25. The Morgan fingerprint density at radius 3 is 2.20 bits per heavy atom. The van der Waals surface area contributed by atoms with E-state index >= 15 is 0 Å². The van der Waals surface area contributed by atoms with Crippen molar-refractivity contribution in [3.05, 3.63) is 90.0 Å². The fourth-order valence-corrected chi connectivity index (χ4v) is 4.16. The summed E-state index contributed by atoms with van der Waals surface area (Å²) in [6.45, 7) is 2.88. The third-order valence-electron chi connectivity index (χ3n) is 5.66. The van der Waals surface area contributed by atoms with Crippen molar-refractivity contribution < 1.29 is 4.74 Å². The summed E-state index contributed by atoms with van der Waals surface area (Å²) in [6, 6.07) is 28.0. The lowest BCUT2D eigenvalue weighted by Crippen LogP contribution is -2.11. The lowest BCUT2D eigenvalue weighted by molar-refractivity contribution is 0.0818. The highest BCUT2D eigenvalue weighted by Crippen LogP contribution is 2.41. The van der Waals surface area contributed by atoms with Crippen molar-refractivity contribution in [3.8, 4) is 11.3 Å². The summed E-state index contributed by atoms with van der Waals surface area (Å²) in [5.74, 6) is 0. The van der Waals surface area contributed by atoms with Crippen LogP contribution in [-0.2, 0) is 11.8 Å². The molecule has 1 heterocycles. The number of rotatable bonds is 7. The van der Waals surface area contributed by atoms with Gasteiger partial charge in [0.15, 0.2) is 0 Å². The summed E-state index contributed by atoms with van der Waals surface area (Å²) in [6.07, 6.45) is 0.861. The predicted molar refractivity (Wildman–Crippen MR) is 127 cm³/mol. The first-order chi connectivity index (χ1) is 14.6. The highest BCUT2D eigenvalue weighted by atomic mass is 16.5. The topological polar surface area (TPSA) is 17.4 Å². The quantitative estimate of drug-likeness (QED) is 0.357. The average Bonchev–Trinajstić information content (AvgIpc) is 3.07. The van der Waals surface area contributed by atoms with Gasteiger partial charge in [-0.3, -0.25) is 0 Å². The van der Waals surface area contributed by atoms with Crippen molar-refractivity contribution in [2.24, 2.45) is 7.05 Å². The molecule has 4 aromatic rings. The number of fused-ring (bicyclic) bond motifs is 1. The molecule has 0 bridgehead atoms. The number of anilines is 1. The second kappa shape index (κ2) is 8.76. The van der Waals surface area contributed by atoms with Gasteiger partial charge in [0, 0.05) is 49.9 Å². The molecule has 4 rings (SSSR count). The molecule has 30 heavy (non-hydrogen) atoms. The van der Waals surface area contributed by atoms with E-state index in [0.717, 1.165) is 13.0 Å². The summed E-state index contributed by atoms with van der Waals surface area (Å²) in [5.41, 5.74) is 7.26. The normalized spacial score (nSPS) is 12.3. The fourth-order valence-electron chi connectivity index (χ4n) is 4.16. The number of aryl methyl sites for hydroxylation is 1. The molecule has 3 heteroatoms. The first-order valence-corrected chi connectivity index (χ1v) is 10.6. The molecule has 0 aliphatic carbocycles. The van der Waals surface area contributed by atoms with E-state index < -0.39 is 0 Å². The van der Waals surface area contributed by atoms with Crippen LogP contribution >= 0.6 is 0 Å². The lowest BCUT2D eigenvalue weighted by Gasteiger charge is -2.22. The van der Waals surface area contributed by atoms with Crippen molar-refractivity contribution in [1.29, 1.82) is 0 Å². The van der Waals surface area contributed by atoms with Crippen LogP contribution in [-0.4, -0.2) is 25.3 Å². The number of para-hydroxylation sites is 1. The monoisotopic (exact) mass is 398 g/mol. The van der Waals surface area contributed by atoms with Gasteiger partial charge in [0.1, 0.15) is 6.10 Å². The molecule has 154 valence electrons. The predicted octanol–water partition coefficient (Wildman–Crippen LogP) is 6.43. The van der Waals surface area contributed by atoms with Gasteiger partial charge in [-0.05, 0) is 35.7 Å². The van der Waals surface area contributed by atoms with Crippen molar-refractivity contribution in [1.82, 2.24) is 4.57 Å². The highest BCUT2D eigenvalue weighted by molar-refractivity contribution is 5.92. The Labute approximate surface area is 179 Å². The summed E-state index contributed by atoms with van der Waals surface area (Å²) in [7, 11) is 6.29. The Kier molecular flexibility index (Phi) is 5.91. The molecular formula is C27H30N2O. The molecule has 3 aromatic carbocycles. The number of hydrogen-bond donors (Lipinski definition) is 0. The maximum absolute atomic E-state index is 6.52. The Morgan fingerprint density at radius 1 is 0.867 bits per heavy atom. The molecule has 0 radical (unpaired) electrons. The number of benzene rings is 3. The van der Waals surface area contributed by atoms with E-state index in [1.54, 1.807) is 0 Å². The van der Waals surface area contributed by atoms with Gasteiger partial charge in [-0.25, -0.2) is 0 Å². The van der Waals surface area contributed by atoms with E-state index in [0.29, 0.717) is 0 Å². The molecule has 1 unspecified atom stereocenters. The van der Waals surface area contributed by atoms with Crippen molar-refractivity contribution in [2.75, 3.05) is 25.6 Å². The van der Waals surface area contributed by atoms with Gasteiger partial charge in [0.05, 0.1) is 5.69 Å². The van der Waals surface area contributed by atoms with E-state index in [2.05, 4.69) is 116 Å². The van der Waals surface area contributed by atoms with Crippen LogP contribution in [0.15, 0.2) is 78.9 Å². The number of hydrogen-bond acceptors (Lipinski definition) is 2. The summed E-state index contributed by atoms with van der Waals surface area (Å²) >= 11 is 0. The zero-order chi connectivity index (χ0) is 21.1. The van der Waals surface area contributed by atoms with E-state index in [4.69, 9.17) is 4.74 Å². The molecule has 3 nitrogen and oxygen atoms in total. The van der Waals surface area contributed by atoms with Crippen LogP contribution in [0.5, 0.6) is 0 Å². The first-order valence-electron chi connectivity index (χ1n) is 10.6. The molecule has 1 atom stereocenters. The largest absolute Gasteiger partial charge is 0.378 e. The van der Waals surface area contributed by atoms with Crippen molar-refractivity contribution in [3.63, 3.8) is 0 Å². The molecule has 0 fully saturated rings. The zero-order valence-corrected chi connectivity index (χ0v) is 18.3. The van der Waals surface area contributed by atoms with Crippen molar-refractivity contribution in [2.45, 2.75) is 19.4 Å². The van der Waals surface area contributed by atoms with E-state index in [1.165, 1.54) is 39.0 Å².